The summed E-state index contributed by atoms with van der Waals surface area (Å²) in [6.45, 7) is 7.91. The monoisotopic (exact) mass is 469 g/mol. The van der Waals surface area contributed by atoms with E-state index in [9.17, 15) is 4.79 Å². The lowest BCUT2D eigenvalue weighted by Gasteiger charge is -2.32. The molecule has 0 unspecified atom stereocenters. The molecule has 2 aliphatic heterocycles. The zero-order chi connectivity index (χ0) is 21.9. The molecule has 33 heavy (non-hydrogen) atoms. The maximum absolute atomic E-state index is 12.5. The molecule has 0 spiro atoms. The van der Waals surface area contributed by atoms with Gasteiger partial charge < -0.3 is 24.3 Å². The summed E-state index contributed by atoms with van der Waals surface area (Å²) in [5, 5.41) is 4.83. The molecular formula is C26H32ClN3O3. The Balaban J connectivity index is 0.00000259. The van der Waals surface area contributed by atoms with E-state index in [-0.39, 0.29) is 18.0 Å². The van der Waals surface area contributed by atoms with Crippen molar-refractivity contribution in [3.63, 3.8) is 0 Å². The number of likely N-dealkylation sites (tertiary alicyclic amines) is 1. The molecule has 0 radical (unpaired) electrons. The van der Waals surface area contributed by atoms with Crippen molar-refractivity contribution in [2.45, 2.75) is 38.9 Å². The average molecular weight is 470 g/mol. The highest BCUT2D eigenvalue weighted by Gasteiger charge is 2.19. The molecule has 176 valence electrons. The number of aryl methyl sites for hydroxylation is 1. The number of halogens is 1. The number of nitrogens with one attached hydrogen (secondary N) is 1. The summed E-state index contributed by atoms with van der Waals surface area (Å²) in [7, 11) is 0. The second-order valence-corrected chi connectivity index (χ2v) is 8.86. The van der Waals surface area contributed by atoms with Gasteiger partial charge in [0, 0.05) is 31.7 Å². The molecule has 2 aliphatic rings. The first-order valence-electron chi connectivity index (χ1n) is 11.6. The summed E-state index contributed by atoms with van der Waals surface area (Å²) in [6, 6.07) is 16.6. The van der Waals surface area contributed by atoms with E-state index in [1.807, 2.05) is 16.7 Å². The van der Waals surface area contributed by atoms with E-state index in [4.69, 9.17) is 9.47 Å². The number of ether oxygens (including phenoxy) is 2. The Morgan fingerprint density at radius 2 is 1.73 bits per heavy atom. The third-order valence-corrected chi connectivity index (χ3v) is 6.57. The third kappa shape index (κ3) is 5.52. The molecular weight excluding hydrogens is 438 g/mol. The molecule has 1 N–H and O–H groups in total. The van der Waals surface area contributed by atoms with Crippen molar-refractivity contribution < 1.29 is 9.47 Å². The van der Waals surface area contributed by atoms with Gasteiger partial charge in [0.1, 0.15) is 13.2 Å². The third-order valence-electron chi connectivity index (χ3n) is 6.57. The van der Waals surface area contributed by atoms with E-state index >= 15 is 0 Å². The second-order valence-electron chi connectivity index (χ2n) is 8.86. The van der Waals surface area contributed by atoms with Gasteiger partial charge in [0.2, 0.25) is 0 Å². The minimum atomic E-state index is 0. The zero-order valence-corrected chi connectivity index (χ0v) is 19.9. The maximum atomic E-state index is 12.5. The van der Waals surface area contributed by atoms with E-state index in [0.29, 0.717) is 19.3 Å². The number of rotatable bonds is 6. The normalized spacial score (nSPS) is 16.5. The van der Waals surface area contributed by atoms with Gasteiger partial charge in [-0.1, -0.05) is 17.7 Å². The number of aromatic nitrogens is 1. The van der Waals surface area contributed by atoms with Crippen molar-refractivity contribution in [3.8, 4) is 11.5 Å². The van der Waals surface area contributed by atoms with E-state index < -0.39 is 0 Å². The van der Waals surface area contributed by atoms with Crippen LogP contribution in [0.1, 0.15) is 24.0 Å². The molecule has 5 rings (SSSR count). The van der Waals surface area contributed by atoms with Crippen LogP contribution in [0.25, 0.3) is 10.9 Å². The first-order chi connectivity index (χ1) is 15.7. The summed E-state index contributed by atoms with van der Waals surface area (Å²) in [5.74, 6) is 1.69. The van der Waals surface area contributed by atoms with Crippen LogP contribution in [-0.4, -0.2) is 48.4 Å². The molecule has 0 saturated carbocycles. The largest absolute Gasteiger partial charge is 0.486 e. The molecule has 0 atom stereocenters. The lowest BCUT2D eigenvalue weighted by atomic mass is 10.0. The van der Waals surface area contributed by atoms with Gasteiger partial charge in [0.15, 0.2) is 11.5 Å². The Bertz CT molecular complexity index is 1160. The highest BCUT2D eigenvalue weighted by Crippen LogP contribution is 2.30. The van der Waals surface area contributed by atoms with Crippen LogP contribution in [0.4, 0.5) is 0 Å². The highest BCUT2D eigenvalue weighted by molar-refractivity contribution is 5.85. The Morgan fingerprint density at radius 3 is 2.55 bits per heavy atom. The first kappa shape index (κ1) is 23.6. The molecule has 0 amide bonds. The maximum Gasteiger partial charge on any atom is 0.251 e. The molecule has 1 fully saturated rings. The van der Waals surface area contributed by atoms with Gasteiger partial charge in [-0.25, -0.2) is 0 Å². The predicted octanol–water partition coefficient (Wildman–Crippen LogP) is 3.76. The number of fused-ring (bicyclic) bond motifs is 2. The molecule has 2 aromatic carbocycles. The summed E-state index contributed by atoms with van der Waals surface area (Å²) < 4.78 is 13.2. The molecule has 6 nitrogen and oxygen atoms in total. The van der Waals surface area contributed by atoms with Crippen molar-refractivity contribution in [1.29, 1.82) is 0 Å². The smallest absolute Gasteiger partial charge is 0.251 e. The summed E-state index contributed by atoms with van der Waals surface area (Å²) in [4.78, 5) is 14.9. The average Bonchev–Trinajstić information content (AvgIpc) is 2.83. The lowest BCUT2D eigenvalue weighted by Crippen LogP contribution is -2.43. The number of nitrogens with zero attached hydrogens (tertiary/aromatic N) is 2. The Kier molecular flexibility index (Phi) is 7.58. The van der Waals surface area contributed by atoms with Gasteiger partial charge in [-0.2, -0.15) is 0 Å². The van der Waals surface area contributed by atoms with Crippen LogP contribution in [-0.2, 0) is 13.1 Å². The topological polar surface area (TPSA) is 55.7 Å². The quantitative estimate of drug-likeness (QED) is 0.595. The Morgan fingerprint density at radius 1 is 0.939 bits per heavy atom. The van der Waals surface area contributed by atoms with Crippen molar-refractivity contribution in [2.75, 3.05) is 32.8 Å². The second kappa shape index (κ2) is 10.6. The standard InChI is InChI=1S/C26H31N3O3.ClH/c1-19-2-5-23-21(16-19)4-7-26(30)29(23)13-12-28-10-8-22(9-11-28)27-18-20-3-6-24-25(17-20)32-15-14-31-24;/h2-7,16-17,22,27H,8-15,18H2,1H3;1H. The molecule has 7 heteroatoms. The van der Waals surface area contributed by atoms with Gasteiger partial charge in [-0.05, 0) is 74.1 Å². The van der Waals surface area contributed by atoms with Crippen molar-refractivity contribution in [3.05, 3.63) is 70.0 Å². The number of pyridine rings is 1. The van der Waals surface area contributed by atoms with Gasteiger partial charge in [-0.15, -0.1) is 12.4 Å². The van der Waals surface area contributed by atoms with Gasteiger partial charge in [-0.3, -0.25) is 4.79 Å². The summed E-state index contributed by atoms with van der Waals surface area (Å²) in [5.41, 5.74) is 3.55. The molecule has 0 bridgehead atoms. The fourth-order valence-corrected chi connectivity index (χ4v) is 4.72. The highest BCUT2D eigenvalue weighted by atomic mass is 35.5. The first-order valence-corrected chi connectivity index (χ1v) is 11.6. The predicted molar refractivity (Wildman–Crippen MR) is 134 cm³/mol. The van der Waals surface area contributed by atoms with Crippen LogP contribution in [0.15, 0.2) is 53.3 Å². The molecule has 3 aromatic rings. The SMILES string of the molecule is Cc1ccc2c(ccc(=O)n2CCN2CCC(NCc3ccc4c(c3)OCCO4)CC2)c1.Cl. The van der Waals surface area contributed by atoms with Crippen LogP contribution in [0.3, 0.4) is 0 Å². The minimum Gasteiger partial charge on any atom is -0.486 e. The molecule has 0 aliphatic carbocycles. The lowest BCUT2D eigenvalue weighted by molar-refractivity contribution is 0.171. The van der Waals surface area contributed by atoms with Gasteiger partial charge in [0.05, 0.1) is 5.52 Å². The molecule has 1 aromatic heterocycles. The van der Waals surface area contributed by atoms with Crippen LogP contribution >= 0.6 is 12.4 Å². The summed E-state index contributed by atoms with van der Waals surface area (Å²) >= 11 is 0. The fourth-order valence-electron chi connectivity index (χ4n) is 4.72. The Hall–Kier alpha value is -2.54. The van der Waals surface area contributed by atoms with Crippen LogP contribution in [0.5, 0.6) is 11.5 Å². The minimum absolute atomic E-state index is 0. The Labute approximate surface area is 200 Å². The number of hydrogen-bond acceptors (Lipinski definition) is 5. The van der Waals surface area contributed by atoms with Crippen molar-refractivity contribution in [2.24, 2.45) is 0 Å². The van der Waals surface area contributed by atoms with Crippen LogP contribution in [0.2, 0.25) is 0 Å². The fraction of sp³-hybridized carbons (Fsp3) is 0.423. The van der Waals surface area contributed by atoms with Crippen LogP contribution < -0.4 is 20.3 Å². The van der Waals surface area contributed by atoms with Gasteiger partial charge in [0.25, 0.3) is 5.56 Å². The number of hydrogen-bond donors (Lipinski definition) is 1. The van der Waals surface area contributed by atoms with Crippen molar-refractivity contribution >= 4 is 23.3 Å². The molecule has 1 saturated heterocycles. The van der Waals surface area contributed by atoms with Crippen LogP contribution in [0, 0.1) is 6.92 Å². The van der Waals surface area contributed by atoms with E-state index in [1.54, 1.807) is 6.07 Å². The summed E-state index contributed by atoms with van der Waals surface area (Å²) in [6.07, 6.45) is 2.24. The molecule has 3 heterocycles. The number of benzene rings is 2. The van der Waals surface area contributed by atoms with E-state index in [0.717, 1.165) is 68.0 Å². The van der Waals surface area contributed by atoms with Gasteiger partial charge >= 0.3 is 0 Å². The number of piperidine rings is 1. The van der Waals surface area contributed by atoms with E-state index in [2.05, 4.69) is 47.5 Å². The zero-order valence-electron chi connectivity index (χ0n) is 19.1. The van der Waals surface area contributed by atoms with Crippen molar-refractivity contribution in [1.82, 2.24) is 14.8 Å². The van der Waals surface area contributed by atoms with E-state index in [1.165, 1.54) is 11.1 Å².